The van der Waals surface area contributed by atoms with E-state index in [4.69, 9.17) is 9.72 Å². The molecule has 1 saturated carbocycles. The van der Waals surface area contributed by atoms with E-state index in [1.54, 1.807) is 23.4 Å². The van der Waals surface area contributed by atoms with Gasteiger partial charge in [-0.05, 0) is 79.3 Å². The first-order valence-electron chi connectivity index (χ1n) is 14.7. The molecule has 1 aliphatic carbocycles. The Bertz CT molecular complexity index is 1860. The van der Waals surface area contributed by atoms with Crippen LogP contribution in [0.4, 0.5) is 10.2 Å². The number of morpholine rings is 1. The SMILES string of the molecule is Cn1cnnc1-c1cc(C#N)ccc1-c1cc(C2CC2)nc(N2Cc3c(F)cc(CN4CC5(C)CC4CO5)cc3C2=O)c1. The number of nitrogens with zero attached hydrogens (tertiary/aromatic N) is 7. The van der Waals surface area contributed by atoms with Gasteiger partial charge in [0.25, 0.3) is 5.91 Å². The van der Waals surface area contributed by atoms with Crippen LogP contribution in [0, 0.1) is 17.1 Å². The molecule has 2 bridgehead atoms. The van der Waals surface area contributed by atoms with Crippen LogP contribution in [0.25, 0.3) is 22.5 Å². The van der Waals surface area contributed by atoms with Gasteiger partial charge in [-0.2, -0.15) is 5.26 Å². The van der Waals surface area contributed by atoms with Gasteiger partial charge in [0.05, 0.1) is 30.4 Å². The average molecular weight is 576 g/mol. The molecule has 0 N–H and O–H groups in total. The minimum atomic E-state index is -0.356. The highest BCUT2D eigenvalue weighted by molar-refractivity contribution is 6.10. The Balaban J connectivity index is 1.16. The van der Waals surface area contributed by atoms with E-state index < -0.39 is 0 Å². The van der Waals surface area contributed by atoms with Crippen LogP contribution in [0.15, 0.2) is 48.8 Å². The minimum Gasteiger partial charge on any atom is -0.372 e. The van der Waals surface area contributed by atoms with Crippen LogP contribution in [0.3, 0.4) is 0 Å². The van der Waals surface area contributed by atoms with Crippen LogP contribution >= 0.6 is 0 Å². The fraction of sp³-hybridized carbons (Fsp3) is 0.364. The van der Waals surface area contributed by atoms with Crippen LogP contribution < -0.4 is 4.90 Å². The number of ether oxygens (including phenoxy) is 1. The number of pyridine rings is 1. The van der Waals surface area contributed by atoms with E-state index >= 15 is 4.39 Å². The molecule has 216 valence electrons. The van der Waals surface area contributed by atoms with E-state index in [2.05, 4.69) is 34.2 Å². The Morgan fingerprint density at radius 3 is 2.70 bits per heavy atom. The lowest BCUT2D eigenvalue weighted by atomic mass is 9.96. The van der Waals surface area contributed by atoms with E-state index in [1.165, 1.54) is 0 Å². The van der Waals surface area contributed by atoms with E-state index in [1.807, 2.05) is 35.9 Å². The third-order valence-electron chi connectivity index (χ3n) is 9.29. The lowest BCUT2D eigenvalue weighted by Crippen LogP contribution is -2.40. The summed E-state index contributed by atoms with van der Waals surface area (Å²) in [6, 6.07) is 15.4. The van der Waals surface area contributed by atoms with Crippen molar-refractivity contribution in [2.45, 2.75) is 56.8 Å². The molecule has 2 unspecified atom stereocenters. The Morgan fingerprint density at radius 1 is 1.14 bits per heavy atom. The van der Waals surface area contributed by atoms with Crippen LogP contribution in [0.2, 0.25) is 0 Å². The zero-order valence-electron chi connectivity index (χ0n) is 24.0. The van der Waals surface area contributed by atoms with Gasteiger partial charge in [-0.3, -0.25) is 14.6 Å². The number of anilines is 1. The number of amides is 1. The molecule has 8 rings (SSSR count). The van der Waals surface area contributed by atoms with Gasteiger partial charge < -0.3 is 9.30 Å². The summed E-state index contributed by atoms with van der Waals surface area (Å²) in [5.41, 5.74) is 5.38. The van der Waals surface area contributed by atoms with Gasteiger partial charge in [-0.25, -0.2) is 9.37 Å². The number of aromatic nitrogens is 4. The second kappa shape index (κ2) is 9.53. The molecule has 2 aromatic carbocycles. The van der Waals surface area contributed by atoms with Crippen LogP contribution in [-0.4, -0.2) is 55.4 Å². The fourth-order valence-corrected chi connectivity index (χ4v) is 6.93. The molecule has 2 atom stereocenters. The number of hydrogen-bond acceptors (Lipinski definition) is 7. The first-order valence-corrected chi connectivity index (χ1v) is 14.7. The molecule has 2 saturated heterocycles. The summed E-state index contributed by atoms with van der Waals surface area (Å²) in [5, 5.41) is 17.9. The van der Waals surface area contributed by atoms with Crippen molar-refractivity contribution in [3.63, 3.8) is 0 Å². The summed E-state index contributed by atoms with van der Waals surface area (Å²) < 4.78 is 23.3. The number of aryl methyl sites for hydroxylation is 1. The summed E-state index contributed by atoms with van der Waals surface area (Å²) in [4.78, 5) is 22.7. The maximum atomic E-state index is 15.5. The van der Waals surface area contributed by atoms with Crippen molar-refractivity contribution in [3.8, 4) is 28.6 Å². The molecule has 1 amide bonds. The van der Waals surface area contributed by atoms with Crippen LogP contribution in [0.5, 0.6) is 0 Å². The van der Waals surface area contributed by atoms with Gasteiger partial charge in [0, 0.05) is 54.5 Å². The molecule has 0 spiro atoms. The molecule has 2 aromatic heterocycles. The molecule has 5 heterocycles. The Kier molecular flexibility index (Phi) is 5.80. The zero-order chi connectivity index (χ0) is 29.5. The Labute approximate surface area is 248 Å². The quantitative estimate of drug-likeness (QED) is 0.321. The average Bonchev–Trinajstić information content (AvgIpc) is 3.36. The predicted molar refractivity (Wildman–Crippen MR) is 156 cm³/mol. The van der Waals surface area contributed by atoms with Crippen LogP contribution in [0.1, 0.15) is 64.8 Å². The summed E-state index contributed by atoms with van der Waals surface area (Å²) in [6.45, 7) is 4.35. The minimum absolute atomic E-state index is 0.128. The first kappa shape index (κ1) is 26.2. The summed E-state index contributed by atoms with van der Waals surface area (Å²) in [7, 11) is 1.86. The van der Waals surface area contributed by atoms with E-state index in [-0.39, 0.29) is 23.9 Å². The van der Waals surface area contributed by atoms with Gasteiger partial charge >= 0.3 is 0 Å². The van der Waals surface area contributed by atoms with Gasteiger partial charge in [-0.15, -0.1) is 10.2 Å². The number of fused-ring (bicyclic) bond motifs is 3. The standard InChI is InChI=1S/C33H30FN7O2/c1-33-12-23(16-43-33)40(17-33)14-20-8-26-27(28(34)9-20)15-41(32(26)42)30-11-22(10-29(37-30)21-4-5-21)24-6-3-19(13-35)7-25(24)31-38-36-18-39(31)2/h3,6-11,18,21,23H,4-5,12,14-17H2,1-2H3. The first-order chi connectivity index (χ1) is 20.8. The van der Waals surface area contributed by atoms with Crippen molar-refractivity contribution in [3.05, 3.63) is 82.6 Å². The molecular formula is C33H30FN7O2. The highest BCUT2D eigenvalue weighted by Crippen LogP contribution is 2.44. The zero-order valence-corrected chi connectivity index (χ0v) is 24.0. The monoisotopic (exact) mass is 575 g/mol. The second-order valence-electron chi connectivity index (χ2n) is 12.6. The summed E-state index contributed by atoms with van der Waals surface area (Å²) in [6.07, 6.45) is 4.67. The Morgan fingerprint density at radius 2 is 2.00 bits per heavy atom. The Hall–Kier alpha value is -4.46. The number of halogens is 1. The third kappa shape index (κ3) is 4.42. The molecule has 10 heteroatoms. The number of carbonyl (C=O) groups is 1. The number of likely N-dealkylation sites (tertiary alicyclic amines) is 1. The maximum Gasteiger partial charge on any atom is 0.260 e. The van der Waals surface area contributed by atoms with Gasteiger partial charge in [0.1, 0.15) is 18.0 Å². The molecule has 3 aliphatic heterocycles. The van der Waals surface area contributed by atoms with E-state index in [9.17, 15) is 10.1 Å². The molecule has 9 nitrogen and oxygen atoms in total. The highest BCUT2D eigenvalue weighted by atomic mass is 19.1. The van der Waals surface area contributed by atoms with Gasteiger partial charge in [0.2, 0.25) is 0 Å². The number of rotatable bonds is 6. The van der Waals surface area contributed by atoms with Crippen molar-refractivity contribution in [1.29, 1.82) is 5.26 Å². The third-order valence-corrected chi connectivity index (χ3v) is 9.29. The fourth-order valence-electron chi connectivity index (χ4n) is 6.93. The van der Waals surface area contributed by atoms with Crippen molar-refractivity contribution < 1.29 is 13.9 Å². The lowest BCUT2D eigenvalue weighted by molar-refractivity contribution is -0.0351. The van der Waals surface area contributed by atoms with Gasteiger partial charge in [-0.1, -0.05) is 6.07 Å². The topological polar surface area (TPSA) is 100 Å². The predicted octanol–water partition coefficient (Wildman–Crippen LogP) is 4.96. The molecule has 3 fully saturated rings. The molecule has 43 heavy (non-hydrogen) atoms. The number of benzene rings is 2. The van der Waals surface area contributed by atoms with Crippen molar-refractivity contribution in [2.24, 2.45) is 7.05 Å². The largest absolute Gasteiger partial charge is 0.372 e. The maximum absolute atomic E-state index is 15.5. The molecule has 0 radical (unpaired) electrons. The second-order valence-corrected chi connectivity index (χ2v) is 12.6. The van der Waals surface area contributed by atoms with E-state index in [0.717, 1.165) is 53.8 Å². The molecule has 4 aliphatic rings. The lowest BCUT2D eigenvalue weighted by Gasteiger charge is -2.30. The number of carbonyl (C=O) groups excluding carboxylic acids is 1. The van der Waals surface area contributed by atoms with Crippen LogP contribution in [-0.2, 0) is 24.9 Å². The van der Waals surface area contributed by atoms with Crippen molar-refractivity contribution in [2.75, 3.05) is 18.1 Å². The smallest absolute Gasteiger partial charge is 0.260 e. The van der Waals surface area contributed by atoms with Crippen molar-refractivity contribution >= 4 is 11.7 Å². The van der Waals surface area contributed by atoms with E-state index in [0.29, 0.717) is 53.4 Å². The van der Waals surface area contributed by atoms with Gasteiger partial charge in [0.15, 0.2) is 5.82 Å². The summed E-state index contributed by atoms with van der Waals surface area (Å²) in [5.74, 6) is 0.848. The number of hydrogen-bond donors (Lipinski definition) is 0. The number of nitriles is 1. The highest BCUT2D eigenvalue weighted by Gasteiger charge is 2.47. The molecule has 4 aromatic rings. The summed E-state index contributed by atoms with van der Waals surface area (Å²) >= 11 is 0. The van der Waals surface area contributed by atoms with Crippen molar-refractivity contribution in [1.82, 2.24) is 24.6 Å². The molecular weight excluding hydrogens is 545 g/mol. The normalized spacial score (nSPS) is 22.8.